The Morgan fingerprint density at radius 3 is 2.87 bits per heavy atom. The normalized spacial score (nSPS) is 10.7. The first kappa shape index (κ1) is 15.4. The highest BCUT2D eigenvalue weighted by atomic mass is 35.5. The molecule has 0 aliphatic heterocycles. The third-order valence-corrected chi connectivity index (χ3v) is 3.43. The van der Waals surface area contributed by atoms with Crippen LogP contribution in [0, 0.1) is 0 Å². The van der Waals surface area contributed by atoms with Crippen LogP contribution >= 0.6 is 11.6 Å². The monoisotopic (exact) mass is 331 g/mol. The van der Waals surface area contributed by atoms with Crippen LogP contribution in [0.1, 0.15) is 11.4 Å². The molecule has 0 fully saturated rings. The van der Waals surface area contributed by atoms with E-state index >= 15 is 0 Å². The van der Waals surface area contributed by atoms with Gasteiger partial charge < -0.3 is 9.84 Å². The predicted octanol–water partition coefficient (Wildman–Crippen LogP) is 1.94. The van der Waals surface area contributed by atoms with E-state index in [2.05, 4.69) is 20.4 Å². The molecule has 118 valence electrons. The molecule has 0 amide bonds. The van der Waals surface area contributed by atoms with E-state index in [4.69, 9.17) is 21.4 Å². The molecule has 1 aromatic carbocycles. The van der Waals surface area contributed by atoms with E-state index in [1.807, 2.05) is 30.3 Å². The van der Waals surface area contributed by atoms with Crippen molar-refractivity contribution in [2.45, 2.75) is 13.2 Å². The summed E-state index contributed by atoms with van der Waals surface area (Å²) in [6.45, 7) is 0.145. The first-order valence-corrected chi connectivity index (χ1v) is 7.24. The van der Waals surface area contributed by atoms with E-state index in [1.165, 1.54) is 4.80 Å². The summed E-state index contributed by atoms with van der Waals surface area (Å²) in [7, 11) is 1.57. The summed E-state index contributed by atoms with van der Waals surface area (Å²) in [5.74, 6) is 0.792. The van der Waals surface area contributed by atoms with Gasteiger partial charge in [-0.2, -0.15) is 4.80 Å². The Kier molecular flexibility index (Phi) is 4.50. The van der Waals surface area contributed by atoms with Crippen LogP contribution in [0.4, 0.5) is 0 Å². The zero-order chi connectivity index (χ0) is 16.2. The van der Waals surface area contributed by atoms with Gasteiger partial charge in [0, 0.05) is 16.8 Å². The van der Waals surface area contributed by atoms with E-state index in [0.29, 0.717) is 17.4 Å². The summed E-state index contributed by atoms with van der Waals surface area (Å²) in [4.78, 5) is 5.72. The van der Waals surface area contributed by atoms with Crippen LogP contribution in [0.2, 0.25) is 5.02 Å². The highest BCUT2D eigenvalue weighted by molar-refractivity contribution is 6.30. The number of rotatable bonds is 5. The summed E-state index contributed by atoms with van der Waals surface area (Å²) in [6.07, 6.45) is 1.69. The smallest absolute Gasteiger partial charge is 0.221 e. The number of halogens is 1. The molecular weight excluding hydrogens is 318 g/mol. The molecule has 0 atom stereocenters. The molecule has 0 saturated heterocycles. The highest BCUT2D eigenvalue weighted by Gasteiger charge is 2.11. The van der Waals surface area contributed by atoms with Crippen LogP contribution in [0.3, 0.4) is 0 Å². The van der Waals surface area contributed by atoms with Crippen LogP contribution in [-0.4, -0.2) is 37.4 Å². The Hall–Kier alpha value is -2.51. The minimum atomic E-state index is -0.241. The number of pyridine rings is 1. The van der Waals surface area contributed by atoms with Crippen LogP contribution in [0.25, 0.3) is 11.1 Å². The van der Waals surface area contributed by atoms with Crippen molar-refractivity contribution in [1.82, 2.24) is 25.2 Å². The van der Waals surface area contributed by atoms with Crippen molar-refractivity contribution >= 4 is 11.6 Å². The summed E-state index contributed by atoms with van der Waals surface area (Å²) in [6, 6.07) is 9.41. The molecule has 23 heavy (non-hydrogen) atoms. The van der Waals surface area contributed by atoms with Crippen molar-refractivity contribution in [3.63, 3.8) is 0 Å². The molecular formula is C15H14ClN5O2. The average Bonchev–Trinajstić information content (AvgIpc) is 3.02. The van der Waals surface area contributed by atoms with Crippen molar-refractivity contribution in [2.24, 2.45) is 0 Å². The number of nitrogens with zero attached hydrogens (tertiary/aromatic N) is 5. The van der Waals surface area contributed by atoms with Crippen molar-refractivity contribution in [3.05, 3.63) is 52.9 Å². The largest absolute Gasteiger partial charge is 0.481 e. The Morgan fingerprint density at radius 1 is 1.30 bits per heavy atom. The van der Waals surface area contributed by atoms with Gasteiger partial charge in [-0.05, 0) is 34.5 Å². The van der Waals surface area contributed by atoms with Gasteiger partial charge >= 0.3 is 0 Å². The highest BCUT2D eigenvalue weighted by Crippen LogP contribution is 2.30. The van der Waals surface area contributed by atoms with Crippen LogP contribution < -0.4 is 4.74 Å². The number of aromatic nitrogens is 5. The second-order valence-electron chi connectivity index (χ2n) is 4.80. The van der Waals surface area contributed by atoms with Crippen LogP contribution in [0.5, 0.6) is 5.88 Å². The second kappa shape index (κ2) is 6.72. The van der Waals surface area contributed by atoms with Gasteiger partial charge in [-0.25, -0.2) is 4.98 Å². The lowest BCUT2D eigenvalue weighted by Crippen LogP contribution is -2.05. The van der Waals surface area contributed by atoms with E-state index < -0.39 is 0 Å². The fraction of sp³-hybridized carbons (Fsp3) is 0.200. The lowest BCUT2D eigenvalue weighted by Gasteiger charge is -2.10. The molecule has 3 rings (SSSR count). The van der Waals surface area contributed by atoms with E-state index in [9.17, 15) is 0 Å². The number of tetrazole rings is 1. The Morgan fingerprint density at radius 2 is 2.17 bits per heavy atom. The quantitative estimate of drug-likeness (QED) is 0.769. The minimum Gasteiger partial charge on any atom is -0.481 e. The molecule has 3 aromatic rings. The van der Waals surface area contributed by atoms with Crippen molar-refractivity contribution < 1.29 is 9.84 Å². The van der Waals surface area contributed by atoms with Crippen molar-refractivity contribution in [3.8, 4) is 17.0 Å². The summed E-state index contributed by atoms with van der Waals surface area (Å²) < 4.78 is 5.33. The predicted molar refractivity (Wildman–Crippen MR) is 84.1 cm³/mol. The maximum absolute atomic E-state index is 8.98. The summed E-state index contributed by atoms with van der Waals surface area (Å²) in [5.41, 5.74) is 2.61. The van der Waals surface area contributed by atoms with Gasteiger partial charge in [0.2, 0.25) is 5.88 Å². The van der Waals surface area contributed by atoms with Crippen LogP contribution in [0.15, 0.2) is 36.5 Å². The Balaban J connectivity index is 1.95. The summed E-state index contributed by atoms with van der Waals surface area (Å²) >= 11 is 6.06. The number of aliphatic hydroxyl groups excluding tert-OH is 1. The minimum absolute atomic E-state index is 0.241. The van der Waals surface area contributed by atoms with Gasteiger partial charge in [0.25, 0.3) is 0 Å². The number of aliphatic hydroxyl groups is 1. The Bertz CT molecular complexity index is 821. The molecule has 0 radical (unpaired) electrons. The lowest BCUT2D eigenvalue weighted by atomic mass is 10.1. The zero-order valence-electron chi connectivity index (χ0n) is 12.3. The first-order valence-electron chi connectivity index (χ1n) is 6.86. The molecule has 0 bridgehead atoms. The third kappa shape index (κ3) is 3.46. The van der Waals surface area contributed by atoms with Crippen molar-refractivity contribution in [2.75, 3.05) is 7.11 Å². The van der Waals surface area contributed by atoms with Gasteiger partial charge in [-0.15, -0.1) is 10.2 Å². The molecule has 0 aliphatic carbocycles. The Labute approximate surface area is 137 Å². The molecule has 2 heterocycles. The zero-order valence-corrected chi connectivity index (χ0v) is 13.1. The molecule has 8 heteroatoms. The fourth-order valence-corrected chi connectivity index (χ4v) is 2.37. The van der Waals surface area contributed by atoms with Gasteiger partial charge in [0.05, 0.1) is 13.7 Å². The lowest BCUT2D eigenvalue weighted by molar-refractivity contribution is 0.270. The van der Waals surface area contributed by atoms with Crippen LogP contribution in [-0.2, 0) is 13.2 Å². The fourth-order valence-electron chi connectivity index (χ4n) is 2.18. The van der Waals surface area contributed by atoms with Crippen molar-refractivity contribution in [1.29, 1.82) is 0 Å². The topological polar surface area (TPSA) is 86.0 Å². The van der Waals surface area contributed by atoms with E-state index in [-0.39, 0.29) is 12.4 Å². The first-order chi connectivity index (χ1) is 11.2. The molecule has 0 spiro atoms. The van der Waals surface area contributed by atoms with Gasteiger partial charge in [-0.1, -0.05) is 23.7 Å². The molecule has 0 unspecified atom stereocenters. The van der Waals surface area contributed by atoms with E-state index in [1.54, 1.807) is 13.3 Å². The third-order valence-electron chi connectivity index (χ3n) is 3.20. The number of ether oxygens (including phenoxy) is 1. The number of benzene rings is 1. The SMILES string of the molecule is COc1ncc(Cn2nnc(CO)n2)cc1-c1cccc(Cl)c1. The van der Waals surface area contributed by atoms with Gasteiger partial charge in [-0.3, -0.25) is 0 Å². The van der Waals surface area contributed by atoms with E-state index in [0.717, 1.165) is 16.7 Å². The standard InChI is InChI=1S/C15H14ClN5O2/c1-23-15-13(11-3-2-4-12(16)6-11)5-10(7-17-15)8-21-19-14(9-22)18-20-21/h2-7,22H,8-9H2,1H3. The summed E-state index contributed by atoms with van der Waals surface area (Å²) in [5, 5.41) is 21.3. The molecule has 0 aliphatic rings. The number of methoxy groups -OCH3 is 1. The molecule has 7 nitrogen and oxygen atoms in total. The second-order valence-corrected chi connectivity index (χ2v) is 5.24. The number of hydrogen-bond donors (Lipinski definition) is 1. The van der Waals surface area contributed by atoms with Gasteiger partial charge in [0.1, 0.15) is 6.61 Å². The molecule has 2 aromatic heterocycles. The maximum atomic E-state index is 8.98. The average molecular weight is 332 g/mol. The van der Waals surface area contributed by atoms with Gasteiger partial charge in [0.15, 0.2) is 5.82 Å². The number of hydrogen-bond acceptors (Lipinski definition) is 6. The molecule has 0 saturated carbocycles. The maximum Gasteiger partial charge on any atom is 0.221 e. The molecule has 1 N–H and O–H groups in total.